The Morgan fingerprint density at radius 3 is 3.00 bits per heavy atom. The maximum Gasteiger partial charge on any atom is 0.283 e. The van der Waals surface area contributed by atoms with Gasteiger partial charge in [0, 0.05) is 12.1 Å². The Morgan fingerprint density at radius 1 is 1.67 bits per heavy atom. The van der Waals surface area contributed by atoms with Gasteiger partial charge in [-0.1, -0.05) is 11.8 Å². The molecule has 0 aliphatic heterocycles. The van der Waals surface area contributed by atoms with Crippen molar-refractivity contribution >= 4 is 17.7 Å². The minimum Gasteiger partial charge on any atom is -0.364 e. The molecule has 0 saturated carbocycles. The molecular formula is C8H11N2OS+. The van der Waals surface area contributed by atoms with Crippen molar-refractivity contribution < 1.29 is 9.36 Å². The van der Waals surface area contributed by atoms with Crippen LogP contribution in [0.3, 0.4) is 0 Å². The summed E-state index contributed by atoms with van der Waals surface area (Å²) in [5.74, 6) is -0.318. The molecule has 0 radical (unpaired) electrons. The summed E-state index contributed by atoms with van der Waals surface area (Å²) in [5, 5.41) is 1.04. The van der Waals surface area contributed by atoms with Crippen molar-refractivity contribution in [2.75, 3.05) is 6.26 Å². The van der Waals surface area contributed by atoms with Crippen LogP contribution < -0.4 is 10.3 Å². The van der Waals surface area contributed by atoms with E-state index in [2.05, 4.69) is 0 Å². The van der Waals surface area contributed by atoms with E-state index >= 15 is 0 Å². The fourth-order valence-corrected chi connectivity index (χ4v) is 1.52. The summed E-state index contributed by atoms with van der Waals surface area (Å²) >= 11 is 1.59. The molecule has 4 heteroatoms. The molecule has 0 aromatic carbocycles. The minimum atomic E-state index is -0.318. The molecule has 0 saturated heterocycles. The zero-order valence-corrected chi connectivity index (χ0v) is 7.67. The quantitative estimate of drug-likeness (QED) is 0.537. The number of carbonyl (C=O) groups is 1. The average molecular weight is 183 g/mol. The Bertz CT molecular complexity index is 288. The highest BCUT2D eigenvalue weighted by Gasteiger charge is 2.09. The molecule has 0 bridgehead atoms. The molecule has 0 atom stereocenters. The first-order valence-corrected chi connectivity index (χ1v) is 4.77. The summed E-state index contributed by atoms with van der Waals surface area (Å²) in [7, 11) is 0. The third-order valence-electron chi connectivity index (χ3n) is 1.43. The van der Waals surface area contributed by atoms with Gasteiger partial charge in [0.1, 0.15) is 0 Å². The number of pyridine rings is 1. The molecule has 0 unspecified atom stereocenters. The van der Waals surface area contributed by atoms with Gasteiger partial charge in [0.15, 0.2) is 6.20 Å². The Hall–Kier alpha value is -1.03. The lowest BCUT2D eigenvalue weighted by atomic mass is 10.4. The second-order valence-electron chi connectivity index (χ2n) is 2.34. The third-order valence-corrected chi connectivity index (χ3v) is 2.22. The van der Waals surface area contributed by atoms with Crippen LogP contribution in [0.15, 0.2) is 29.4 Å². The number of carbonyl (C=O) groups excluding carboxylic acids is 1. The number of hydrogen-bond acceptors (Lipinski definition) is 2. The van der Waals surface area contributed by atoms with Crippen molar-refractivity contribution in [2.45, 2.75) is 11.6 Å². The topological polar surface area (TPSA) is 47.0 Å². The molecule has 0 aliphatic carbocycles. The molecule has 1 aromatic rings. The number of nitrogens with zero attached hydrogens (tertiary/aromatic N) is 1. The highest BCUT2D eigenvalue weighted by molar-refractivity contribution is 7.98. The van der Waals surface area contributed by atoms with Gasteiger partial charge in [-0.3, -0.25) is 4.79 Å². The number of aromatic nitrogens is 1. The SMILES string of the molecule is CSc1cccc[n+]1CC(N)=O. The summed E-state index contributed by atoms with van der Waals surface area (Å²) in [4.78, 5) is 10.6. The normalized spacial score (nSPS) is 9.75. The van der Waals surface area contributed by atoms with E-state index in [1.807, 2.05) is 35.2 Å². The summed E-state index contributed by atoms with van der Waals surface area (Å²) in [6.07, 6.45) is 3.81. The van der Waals surface area contributed by atoms with Gasteiger partial charge in [-0.25, -0.2) is 0 Å². The first kappa shape index (κ1) is 9.06. The third kappa shape index (κ3) is 2.23. The minimum absolute atomic E-state index is 0.247. The Balaban J connectivity index is 2.89. The van der Waals surface area contributed by atoms with Crippen molar-refractivity contribution in [1.29, 1.82) is 0 Å². The standard InChI is InChI=1S/C8H10N2OS/c1-12-8-4-2-3-5-10(8)6-7(9)11/h2-5H,6H2,1H3,(H-,9,11)/p+1. The maximum absolute atomic E-state index is 10.6. The predicted octanol–water partition coefficient (Wildman–Crippen LogP) is 0.181. The fourth-order valence-electron chi connectivity index (χ4n) is 0.944. The van der Waals surface area contributed by atoms with E-state index in [1.165, 1.54) is 0 Å². The smallest absolute Gasteiger partial charge is 0.283 e. The van der Waals surface area contributed by atoms with Gasteiger partial charge < -0.3 is 5.73 Å². The van der Waals surface area contributed by atoms with Crippen LogP contribution in [-0.2, 0) is 11.3 Å². The lowest BCUT2D eigenvalue weighted by Gasteiger charge is -1.97. The molecule has 2 N–H and O–H groups in total. The van der Waals surface area contributed by atoms with Gasteiger partial charge in [0.2, 0.25) is 11.6 Å². The first-order chi connectivity index (χ1) is 5.74. The number of hydrogen-bond donors (Lipinski definition) is 1. The number of thioether (sulfide) groups is 1. The van der Waals surface area contributed by atoms with Crippen LogP contribution in [0.5, 0.6) is 0 Å². The van der Waals surface area contributed by atoms with Crippen molar-refractivity contribution in [1.82, 2.24) is 0 Å². The lowest BCUT2D eigenvalue weighted by Crippen LogP contribution is -2.42. The number of rotatable bonds is 3. The largest absolute Gasteiger partial charge is 0.364 e. The molecular weight excluding hydrogens is 172 g/mol. The fraction of sp³-hybridized carbons (Fsp3) is 0.250. The van der Waals surface area contributed by atoms with E-state index in [4.69, 9.17) is 5.73 Å². The molecule has 1 heterocycles. The van der Waals surface area contributed by atoms with Crippen LogP contribution in [0, 0.1) is 0 Å². The number of amides is 1. The summed E-state index contributed by atoms with van der Waals surface area (Å²) < 4.78 is 1.83. The van der Waals surface area contributed by atoms with Gasteiger partial charge in [0.25, 0.3) is 5.91 Å². The van der Waals surface area contributed by atoms with Crippen molar-refractivity contribution in [2.24, 2.45) is 5.73 Å². The number of nitrogens with two attached hydrogens (primary N) is 1. The average Bonchev–Trinajstić information content (AvgIpc) is 2.04. The molecule has 0 aliphatic rings. The molecule has 1 rings (SSSR count). The van der Waals surface area contributed by atoms with Crippen molar-refractivity contribution in [3.05, 3.63) is 24.4 Å². The van der Waals surface area contributed by atoms with Crippen molar-refractivity contribution in [3.8, 4) is 0 Å². The second kappa shape index (κ2) is 4.11. The number of primary amides is 1. The van der Waals surface area contributed by atoms with Gasteiger partial charge >= 0.3 is 0 Å². The first-order valence-electron chi connectivity index (χ1n) is 3.55. The Kier molecular flexibility index (Phi) is 3.10. The van der Waals surface area contributed by atoms with E-state index in [1.54, 1.807) is 11.8 Å². The molecule has 0 fully saturated rings. The molecule has 0 spiro atoms. The maximum atomic E-state index is 10.6. The van der Waals surface area contributed by atoms with Gasteiger partial charge in [-0.05, 0) is 12.3 Å². The Morgan fingerprint density at radius 2 is 2.42 bits per heavy atom. The molecule has 12 heavy (non-hydrogen) atoms. The van der Waals surface area contributed by atoms with Gasteiger partial charge in [-0.15, -0.1) is 0 Å². The lowest BCUT2D eigenvalue weighted by molar-refractivity contribution is -0.720. The molecule has 64 valence electrons. The summed E-state index contributed by atoms with van der Waals surface area (Å²) in [6, 6.07) is 5.76. The van der Waals surface area contributed by atoms with Crippen LogP contribution in [0.4, 0.5) is 0 Å². The zero-order valence-electron chi connectivity index (χ0n) is 6.86. The molecule has 3 nitrogen and oxygen atoms in total. The van der Waals surface area contributed by atoms with Gasteiger partial charge in [-0.2, -0.15) is 4.57 Å². The molecule has 1 aromatic heterocycles. The molecule has 1 amide bonds. The zero-order chi connectivity index (χ0) is 8.97. The van der Waals surface area contributed by atoms with Crippen LogP contribution in [-0.4, -0.2) is 12.2 Å². The van der Waals surface area contributed by atoms with E-state index in [0.29, 0.717) is 0 Å². The van der Waals surface area contributed by atoms with Crippen LogP contribution >= 0.6 is 11.8 Å². The summed E-state index contributed by atoms with van der Waals surface area (Å²) in [6.45, 7) is 0.247. The van der Waals surface area contributed by atoms with E-state index < -0.39 is 0 Å². The van der Waals surface area contributed by atoms with E-state index in [-0.39, 0.29) is 12.5 Å². The van der Waals surface area contributed by atoms with Crippen LogP contribution in [0.1, 0.15) is 0 Å². The van der Waals surface area contributed by atoms with Gasteiger partial charge in [0.05, 0.1) is 0 Å². The van der Waals surface area contributed by atoms with E-state index in [0.717, 1.165) is 5.03 Å². The predicted molar refractivity (Wildman–Crippen MR) is 47.6 cm³/mol. The van der Waals surface area contributed by atoms with E-state index in [9.17, 15) is 4.79 Å². The highest BCUT2D eigenvalue weighted by Crippen LogP contribution is 2.06. The second-order valence-corrected chi connectivity index (χ2v) is 3.16. The summed E-state index contributed by atoms with van der Waals surface area (Å²) in [5.41, 5.74) is 5.08. The Labute approximate surface area is 75.6 Å². The van der Waals surface area contributed by atoms with Crippen molar-refractivity contribution in [3.63, 3.8) is 0 Å². The van der Waals surface area contributed by atoms with Crippen LogP contribution in [0.25, 0.3) is 0 Å². The monoisotopic (exact) mass is 183 g/mol. The van der Waals surface area contributed by atoms with Crippen LogP contribution in [0.2, 0.25) is 0 Å². The highest BCUT2D eigenvalue weighted by atomic mass is 32.2.